The van der Waals surface area contributed by atoms with Crippen molar-refractivity contribution in [3.8, 4) is 6.07 Å². The van der Waals surface area contributed by atoms with E-state index in [2.05, 4.69) is 0 Å². The standard InChI is InChI=1S/C11H13N2O2/c1-3-15-11(14)10(8-12)13-6-4-9(2)5-7-13/h4-7,10H,3H2,1-2H3/q+1/t10-/m1/s1. The smallest absolute Gasteiger partial charge is 0.391 e. The Hall–Kier alpha value is -1.89. The van der Waals surface area contributed by atoms with E-state index in [0.717, 1.165) is 5.56 Å². The molecule has 0 N–H and O–H groups in total. The third-order valence-corrected chi connectivity index (χ3v) is 1.95. The minimum absolute atomic E-state index is 0.281. The predicted octanol–water partition coefficient (Wildman–Crippen LogP) is 0.910. The zero-order chi connectivity index (χ0) is 11.3. The second-order valence-electron chi connectivity index (χ2n) is 3.11. The number of hydrogen-bond acceptors (Lipinski definition) is 3. The molecule has 15 heavy (non-hydrogen) atoms. The topological polar surface area (TPSA) is 54.0 Å². The van der Waals surface area contributed by atoms with E-state index < -0.39 is 12.0 Å². The number of hydrogen-bond donors (Lipinski definition) is 0. The molecule has 0 saturated carbocycles. The Bertz CT molecular complexity index is 379. The summed E-state index contributed by atoms with van der Waals surface area (Å²) in [6.45, 7) is 3.94. The van der Waals surface area contributed by atoms with Crippen molar-refractivity contribution in [3.63, 3.8) is 0 Å². The minimum Gasteiger partial charge on any atom is -0.460 e. The van der Waals surface area contributed by atoms with Crippen LogP contribution in [0, 0.1) is 18.3 Å². The lowest BCUT2D eigenvalue weighted by Gasteiger charge is -2.03. The van der Waals surface area contributed by atoms with E-state index in [4.69, 9.17) is 10.00 Å². The zero-order valence-corrected chi connectivity index (χ0v) is 8.80. The molecule has 0 radical (unpaired) electrons. The van der Waals surface area contributed by atoms with Crippen LogP contribution in [0.15, 0.2) is 24.5 Å². The third kappa shape index (κ3) is 2.78. The number of pyridine rings is 1. The number of carbonyl (C=O) groups excluding carboxylic acids is 1. The molecule has 0 aromatic carbocycles. The van der Waals surface area contributed by atoms with Crippen LogP contribution in [0.25, 0.3) is 0 Å². The lowest BCUT2D eigenvalue weighted by molar-refractivity contribution is -0.698. The molecule has 1 aromatic rings. The Morgan fingerprint density at radius 3 is 2.67 bits per heavy atom. The van der Waals surface area contributed by atoms with E-state index in [0.29, 0.717) is 0 Å². The van der Waals surface area contributed by atoms with E-state index in [9.17, 15) is 4.79 Å². The second-order valence-corrected chi connectivity index (χ2v) is 3.11. The van der Waals surface area contributed by atoms with Crippen LogP contribution in [-0.4, -0.2) is 12.6 Å². The average molecular weight is 205 g/mol. The molecule has 0 saturated heterocycles. The number of nitrogens with zero attached hydrogens (tertiary/aromatic N) is 2. The molecule has 1 aromatic heterocycles. The van der Waals surface area contributed by atoms with Crippen LogP contribution in [0.1, 0.15) is 18.5 Å². The summed E-state index contributed by atoms with van der Waals surface area (Å²) in [6, 6.07) is 4.69. The van der Waals surface area contributed by atoms with Crippen molar-refractivity contribution in [2.75, 3.05) is 6.61 Å². The van der Waals surface area contributed by atoms with E-state index in [1.807, 2.05) is 25.1 Å². The highest BCUT2D eigenvalue weighted by Gasteiger charge is 2.28. The minimum atomic E-state index is -0.898. The second kappa shape index (κ2) is 5.11. The number of rotatable bonds is 3. The molecule has 0 fully saturated rings. The van der Waals surface area contributed by atoms with Crippen LogP contribution in [0.4, 0.5) is 0 Å². The molecule has 1 rings (SSSR count). The monoisotopic (exact) mass is 205 g/mol. The number of aromatic nitrogens is 1. The maximum atomic E-state index is 11.4. The lowest BCUT2D eigenvalue weighted by atomic mass is 10.2. The van der Waals surface area contributed by atoms with Crippen molar-refractivity contribution in [2.45, 2.75) is 19.9 Å². The summed E-state index contributed by atoms with van der Waals surface area (Å²) in [6.07, 6.45) is 3.39. The predicted molar refractivity (Wildman–Crippen MR) is 52.7 cm³/mol. The van der Waals surface area contributed by atoms with Crippen molar-refractivity contribution in [3.05, 3.63) is 30.1 Å². The largest absolute Gasteiger partial charge is 0.460 e. The zero-order valence-electron chi connectivity index (χ0n) is 8.80. The van der Waals surface area contributed by atoms with Crippen molar-refractivity contribution >= 4 is 5.97 Å². The van der Waals surface area contributed by atoms with Crippen LogP contribution in [0.5, 0.6) is 0 Å². The van der Waals surface area contributed by atoms with Gasteiger partial charge in [-0.15, -0.1) is 0 Å². The van der Waals surface area contributed by atoms with Gasteiger partial charge < -0.3 is 4.74 Å². The molecule has 0 bridgehead atoms. The van der Waals surface area contributed by atoms with Gasteiger partial charge in [0.15, 0.2) is 18.5 Å². The maximum Gasteiger partial charge on any atom is 0.391 e. The lowest BCUT2D eigenvalue weighted by Crippen LogP contribution is -2.43. The van der Waals surface area contributed by atoms with Gasteiger partial charge in [0.2, 0.25) is 0 Å². The number of esters is 1. The molecule has 1 heterocycles. The van der Waals surface area contributed by atoms with Gasteiger partial charge in [-0.25, -0.2) is 4.79 Å². The van der Waals surface area contributed by atoms with Gasteiger partial charge in [-0.2, -0.15) is 9.83 Å². The molecule has 0 amide bonds. The summed E-state index contributed by atoms with van der Waals surface area (Å²) in [5.41, 5.74) is 1.08. The molecule has 1 atom stereocenters. The molecule has 4 nitrogen and oxygen atoms in total. The van der Waals surface area contributed by atoms with E-state index in [1.165, 1.54) is 4.57 Å². The molecule has 4 heteroatoms. The molecule has 78 valence electrons. The summed E-state index contributed by atoms with van der Waals surface area (Å²) >= 11 is 0. The summed E-state index contributed by atoms with van der Waals surface area (Å²) in [4.78, 5) is 11.4. The summed E-state index contributed by atoms with van der Waals surface area (Å²) < 4.78 is 6.33. The van der Waals surface area contributed by atoms with Gasteiger partial charge in [0.25, 0.3) is 0 Å². The van der Waals surface area contributed by atoms with Gasteiger partial charge in [0.1, 0.15) is 0 Å². The molecule has 0 spiro atoms. The molecule has 0 aliphatic carbocycles. The quantitative estimate of drug-likeness (QED) is 0.544. The van der Waals surface area contributed by atoms with Crippen molar-refractivity contribution in [2.24, 2.45) is 0 Å². The van der Waals surface area contributed by atoms with Crippen molar-refractivity contribution < 1.29 is 14.1 Å². The first kappa shape index (κ1) is 11.2. The van der Waals surface area contributed by atoms with Gasteiger partial charge in [-0.05, 0) is 19.4 Å². The van der Waals surface area contributed by atoms with E-state index in [1.54, 1.807) is 19.3 Å². The van der Waals surface area contributed by atoms with E-state index in [-0.39, 0.29) is 6.61 Å². The highest BCUT2D eigenvalue weighted by atomic mass is 16.5. The van der Waals surface area contributed by atoms with E-state index >= 15 is 0 Å². The fourth-order valence-corrected chi connectivity index (χ4v) is 1.15. The third-order valence-electron chi connectivity index (χ3n) is 1.95. The number of carbonyl (C=O) groups is 1. The van der Waals surface area contributed by atoms with Gasteiger partial charge in [-0.1, -0.05) is 0 Å². The highest BCUT2D eigenvalue weighted by molar-refractivity contribution is 5.75. The molecular weight excluding hydrogens is 192 g/mol. The molecule has 0 aliphatic rings. The first-order valence-electron chi connectivity index (χ1n) is 4.72. The SMILES string of the molecule is CCOC(=O)[C@@H](C#N)[n+]1ccc(C)cc1. The maximum absolute atomic E-state index is 11.4. The number of ether oxygens (including phenoxy) is 1. The van der Waals surface area contributed by atoms with Crippen LogP contribution in [0.3, 0.4) is 0 Å². The highest BCUT2D eigenvalue weighted by Crippen LogP contribution is 1.99. The van der Waals surface area contributed by atoms with Crippen molar-refractivity contribution in [1.82, 2.24) is 0 Å². The Kier molecular flexibility index (Phi) is 3.81. The van der Waals surface area contributed by atoms with Crippen LogP contribution < -0.4 is 4.57 Å². The van der Waals surface area contributed by atoms with Gasteiger partial charge in [-0.3, -0.25) is 0 Å². The van der Waals surface area contributed by atoms with Crippen LogP contribution in [-0.2, 0) is 9.53 Å². The Balaban J connectivity index is 2.89. The molecule has 0 aliphatic heterocycles. The Morgan fingerprint density at radius 1 is 1.60 bits per heavy atom. The Labute approximate surface area is 88.7 Å². The number of nitriles is 1. The summed E-state index contributed by atoms with van der Waals surface area (Å²) in [7, 11) is 0. The first-order valence-corrected chi connectivity index (χ1v) is 4.72. The number of aryl methyl sites for hydroxylation is 1. The van der Waals surface area contributed by atoms with Gasteiger partial charge in [0.05, 0.1) is 6.61 Å². The van der Waals surface area contributed by atoms with Gasteiger partial charge in [0, 0.05) is 12.1 Å². The fourth-order valence-electron chi connectivity index (χ4n) is 1.15. The average Bonchev–Trinajstić information content (AvgIpc) is 2.22. The fraction of sp³-hybridized carbons (Fsp3) is 0.364. The van der Waals surface area contributed by atoms with Crippen molar-refractivity contribution in [1.29, 1.82) is 5.26 Å². The first-order chi connectivity index (χ1) is 7.19. The van der Waals surface area contributed by atoms with Gasteiger partial charge >= 0.3 is 12.0 Å². The molecular formula is C11H13N2O2+. The summed E-state index contributed by atoms with van der Waals surface area (Å²) in [5, 5.41) is 8.87. The summed E-state index contributed by atoms with van der Waals surface area (Å²) in [5.74, 6) is -0.520. The normalized spacial score (nSPS) is 11.5. The van der Waals surface area contributed by atoms with Crippen LogP contribution in [0.2, 0.25) is 0 Å². The van der Waals surface area contributed by atoms with Crippen LogP contribution >= 0.6 is 0 Å². The molecule has 0 unspecified atom stereocenters. The Morgan fingerprint density at radius 2 is 2.20 bits per heavy atom.